The Morgan fingerprint density at radius 3 is 2.80 bits per heavy atom. The van der Waals surface area contributed by atoms with Crippen molar-refractivity contribution in [3.63, 3.8) is 0 Å². The summed E-state index contributed by atoms with van der Waals surface area (Å²) in [7, 11) is 0. The Labute approximate surface area is 88.7 Å². The molecule has 0 saturated carbocycles. The zero-order valence-corrected chi connectivity index (χ0v) is 8.40. The van der Waals surface area contributed by atoms with Crippen molar-refractivity contribution in [1.29, 1.82) is 0 Å². The van der Waals surface area contributed by atoms with Crippen LogP contribution in [0.3, 0.4) is 0 Å². The zero-order chi connectivity index (χ0) is 10.1. The van der Waals surface area contributed by atoms with Gasteiger partial charge in [-0.15, -0.1) is 0 Å². The van der Waals surface area contributed by atoms with Gasteiger partial charge in [0.05, 0.1) is 5.69 Å². The number of hydrogen-bond donors (Lipinski definition) is 1. The summed E-state index contributed by atoms with van der Waals surface area (Å²) in [6.07, 6.45) is 6.47. The maximum Gasteiger partial charge on any atom is 0.138 e. The van der Waals surface area contributed by atoms with Crippen LogP contribution in [0.1, 0.15) is 17.8 Å². The van der Waals surface area contributed by atoms with Gasteiger partial charge in [0.25, 0.3) is 0 Å². The van der Waals surface area contributed by atoms with E-state index in [0.29, 0.717) is 0 Å². The number of benzene rings is 1. The third kappa shape index (κ3) is 1.48. The highest BCUT2D eigenvalue weighted by Crippen LogP contribution is 2.22. The van der Waals surface area contributed by atoms with Crippen molar-refractivity contribution in [1.82, 2.24) is 9.97 Å². The number of fused-ring (bicyclic) bond motifs is 1. The monoisotopic (exact) mass is 196 g/mol. The van der Waals surface area contributed by atoms with Gasteiger partial charge in [-0.25, -0.2) is 4.98 Å². The lowest BCUT2D eigenvalue weighted by Crippen LogP contribution is -1.91. The zero-order valence-electron chi connectivity index (χ0n) is 8.40. The summed E-state index contributed by atoms with van der Waals surface area (Å²) in [5.74, 6) is 0.979. The molecule has 0 saturated heterocycles. The van der Waals surface area contributed by atoms with Crippen LogP contribution in [0.2, 0.25) is 0 Å². The third-order valence-electron chi connectivity index (χ3n) is 2.69. The number of aryl methyl sites for hydroxylation is 1. The Morgan fingerprint density at radius 2 is 2.00 bits per heavy atom. The van der Waals surface area contributed by atoms with Gasteiger partial charge in [-0.1, -0.05) is 36.4 Å². The number of H-pyrrole nitrogens is 1. The fourth-order valence-corrected chi connectivity index (χ4v) is 1.91. The van der Waals surface area contributed by atoms with E-state index in [1.807, 2.05) is 18.2 Å². The molecular formula is C13H12N2. The van der Waals surface area contributed by atoms with Gasteiger partial charge in [-0.2, -0.15) is 0 Å². The maximum absolute atomic E-state index is 4.58. The molecule has 3 rings (SSSR count). The third-order valence-corrected chi connectivity index (χ3v) is 2.69. The molecule has 0 amide bonds. The molecule has 0 aliphatic heterocycles. The number of rotatable bonds is 1. The fraction of sp³-hybridized carbons (Fsp3) is 0.154. The Hall–Kier alpha value is -1.83. The van der Waals surface area contributed by atoms with Crippen molar-refractivity contribution in [3.05, 3.63) is 47.8 Å². The SMILES string of the molecule is C1=Cc2nc(-c3ccccc3)[nH]c2CC1. The summed E-state index contributed by atoms with van der Waals surface area (Å²) in [6.45, 7) is 0. The number of nitrogens with zero attached hydrogens (tertiary/aromatic N) is 1. The van der Waals surface area contributed by atoms with Gasteiger partial charge >= 0.3 is 0 Å². The number of imidazole rings is 1. The van der Waals surface area contributed by atoms with Crippen molar-refractivity contribution < 1.29 is 0 Å². The predicted molar refractivity (Wildman–Crippen MR) is 61.4 cm³/mol. The minimum atomic E-state index is 0.979. The molecule has 15 heavy (non-hydrogen) atoms. The van der Waals surface area contributed by atoms with Crippen LogP contribution in [0.4, 0.5) is 0 Å². The van der Waals surface area contributed by atoms with E-state index in [9.17, 15) is 0 Å². The average Bonchev–Trinajstić information content (AvgIpc) is 2.74. The highest BCUT2D eigenvalue weighted by Gasteiger charge is 2.10. The fourth-order valence-electron chi connectivity index (χ4n) is 1.91. The van der Waals surface area contributed by atoms with E-state index in [2.05, 4.69) is 34.3 Å². The predicted octanol–water partition coefficient (Wildman–Crippen LogP) is 3.04. The number of allylic oxidation sites excluding steroid dienone is 1. The molecule has 1 aromatic carbocycles. The first-order chi connectivity index (χ1) is 7.43. The van der Waals surface area contributed by atoms with Crippen LogP contribution in [-0.2, 0) is 6.42 Å². The van der Waals surface area contributed by atoms with Gasteiger partial charge in [-0.05, 0) is 18.9 Å². The second-order valence-electron chi connectivity index (χ2n) is 3.76. The Balaban J connectivity index is 2.07. The minimum Gasteiger partial charge on any atom is -0.341 e. The number of aromatic nitrogens is 2. The topological polar surface area (TPSA) is 28.7 Å². The first kappa shape index (κ1) is 8.48. The molecule has 0 fully saturated rings. The number of hydrogen-bond acceptors (Lipinski definition) is 1. The second kappa shape index (κ2) is 3.39. The molecule has 1 heterocycles. The van der Waals surface area contributed by atoms with Crippen LogP contribution in [0, 0.1) is 0 Å². The van der Waals surface area contributed by atoms with Gasteiger partial charge < -0.3 is 4.98 Å². The summed E-state index contributed by atoms with van der Waals surface area (Å²) in [4.78, 5) is 7.97. The van der Waals surface area contributed by atoms with Crippen LogP contribution in [0.15, 0.2) is 36.4 Å². The normalized spacial score (nSPS) is 13.9. The summed E-state index contributed by atoms with van der Waals surface area (Å²) in [5.41, 5.74) is 3.51. The van der Waals surface area contributed by atoms with Crippen molar-refractivity contribution in [2.45, 2.75) is 12.8 Å². The molecule has 0 atom stereocenters. The molecule has 1 N–H and O–H groups in total. The molecule has 0 bridgehead atoms. The van der Waals surface area contributed by atoms with Gasteiger partial charge in [0.2, 0.25) is 0 Å². The van der Waals surface area contributed by atoms with Crippen molar-refractivity contribution in [3.8, 4) is 11.4 Å². The van der Waals surface area contributed by atoms with Crippen LogP contribution >= 0.6 is 0 Å². The minimum absolute atomic E-state index is 0.979. The highest BCUT2D eigenvalue weighted by atomic mass is 14.9. The van der Waals surface area contributed by atoms with E-state index < -0.39 is 0 Å². The van der Waals surface area contributed by atoms with Crippen LogP contribution in [0.5, 0.6) is 0 Å². The lowest BCUT2D eigenvalue weighted by atomic mass is 10.1. The van der Waals surface area contributed by atoms with E-state index in [1.54, 1.807) is 0 Å². The number of nitrogens with one attached hydrogen (secondary N) is 1. The van der Waals surface area contributed by atoms with Crippen LogP contribution in [0.25, 0.3) is 17.5 Å². The maximum atomic E-state index is 4.58. The second-order valence-corrected chi connectivity index (χ2v) is 3.76. The average molecular weight is 196 g/mol. The van der Waals surface area contributed by atoms with Gasteiger partial charge in [-0.3, -0.25) is 0 Å². The molecule has 0 spiro atoms. The quantitative estimate of drug-likeness (QED) is 0.746. The Morgan fingerprint density at radius 1 is 1.13 bits per heavy atom. The van der Waals surface area contributed by atoms with Crippen LogP contribution < -0.4 is 0 Å². The molecule has 1 aliphatic carbocycles. The Bertz CT molecular complexity index is 495. The molecular weight excluding hydrogens is 184 g/mol. The first-order valence-corrected chi connectivity index (χ1v) is 5.24. The van der Waals surface area contributed by atoms with Crippen molar-refractivity contribution >= 4 is 6.08 Å². The Kier molecular flexibility index (Phi) is 1.91. The summed E-state index contributed by atoms with van der Waals surface area (Å²) >= 11 is 0. The van der Waals surface area contributed by atoms with Gasteiger partial charge in [0.15, 0.2) is 0 Å². The number of aromatic amines is 1. The van der Waals surface area contributed by atoms with E-state index in [1.165, 1.54) is 5.69 Å². The van der Waals surface area contributed by atoms with Crippen LogP contribution in [-0.4, -0.2) is 9.97 Å². The molecule has 74 valence electrons. The summed E-state index contributed by atoms with van der Waals surface area (Å²) in [6, 6.07) is 10.2. The van der Waals surface area contributed by atoms with E-state index in [-0.39, 0.29) is 0 Å². The lowest BCUT2D eigenvalue weighted by molar-refractivity contribution is 0.944. The molecule has 2 heteroatoms. The van der Waals surface area contributed by atoms with E-state index >= 15 is 0 Å². The van der Waals surface area contributed by atoms with E-state index in [4.69, 9.17) is 0 Å². The summed E-state index contributed by atoms with van der Waals surface area (Å²) < 4.78 is 0. The molecule has 1 aliphatic rings. The smallest absolute Gasteiger partial charge is 0.138 e. The standard InChI is InChI=1S/C13H12N2/c1-2-6-10(7-3-1)13-14-11-8-4-5-9-12(11)15-13/h1-4,6-8H,5,9H2,(H,14,15). The largest absolute Gasteiger partial charge is 0.341 e. The molecule has 2 aromatic rings. The van der Waals surface area contributed by atoms with Crippen molar-refractivity contribution in [2.75, 3.05) is 0 Å². The van der Waals surface area contributed by atoms with Crippen molar-refractivity contribution in [2.24, 2.45) is 0 Å². The highest BCUT2D eigenvalue weighted by molar-refractivity contribution is 5.60. The lowest BCUT2D eigenvalue weighted by Gasteiger charge is -2.00. The summed E-state index contributed by atoms with van der Waals surface area (Å²) in [5, 5.41) is 0. The first-order valence-electron chi connectivity index (χ1n) is 5.24. The van der Waals surface area contributed by atoms with Gasteiger partial charge in [0, 0.05) is 11.3 Å². The van der Waals surface area contributed by atoms with E-state index in [0.717, 1.165) is 29.9 Å². The molecule has 1 aromatic heterocycles. The molecule has 0 radical (unpaired) electrons. The molecule has 2 nitrogen and oxygen atoms in total. The van der Waals surface area contributed by atoms with Gasteiger partial charge in [0.1, 0.15) is 5.82 Å². The molecule has 0 unspecified atom stereocenters.